The fraction of sp³-hybridized carbons (Fsp3) is 0.417. The lowest BCUT2D eigenvalue weighted by atomic mass is 10.1. The third-order valence-corrected chi connectivity index (χ3v) is 2.35. The van der Waals surface area contributed by atoms with Gasteiger partial charge in [0, 0.05) is 17.9 Å². The second-order valence-corrected chi connectivity index (χ2v) is 3.86. The number of carbonyl (C=O) groups excluding carboxylic acids is 1. The molecule has 0 unspecified atom stereocenters. The molecule has 0 radical (unpaired) electrons. The van der Waals surface area contributed by atoms with Crippen LogP contribution in [-0.4, -0.2) is 5.78 Å². The van der Waals surface area contributed by atoms with Crippen LogP contribution in [0.3, 0.4) is 0 Å². The first-order valence-corrected chi connectivity index (χ1v) is 5.36. The number of benzene rings is 1. The maximum Gasteiger partial charge on any atom is 0.133 e. The van der Waals surface area contributed by atoms with E-state index in [2.05, 4.69) is 0 Å². The van der Waals surface area contributed by atoms with Gasteiger partial charge in [0.2, 0.25) is 0 Å². The minimum atomic E-state index is 0.340. The average molecular weight is 211 g/mol. The first-order valence-electron chi connectivity index (χ1n) is 4.98. The smallest absolute Gasteiger partial charge is 0.133 e. The molecule has 0 fully saturated rings. The molecule has 0 saturated carbocycles. The van der Waals surface area contributed by atoms with E-state index in [1.165, 1.54) is 0 Å². The third-order valence-electron chi connectivity index (χ3n) is 2.11. The molecule has 0 aliphatic rings. The van der Waals surface area contributed by atoms with Crippen molar-refractivity contribution in [1.82, 2.24) is 0 Å². The van der Waals surface area contributed by atoms with Crippen LogP contribution in [0.2, 0.25) is 5.02 Å². The number of hydrogen-bond donors (Lipinski definition) is 0. The van der Waals surface area contributed by atoms with E-state index < -0.39 is 0 Å². The molecule has 0 aromatic heterocycles. The van der Waals surface area contributed by atoms with Crippen LogP contribution < -0.4 is 0 Å². The van der Waals surface area contributed by atoms with Crippen LogP contribution in [0.5, 0.6) is 0 Å². The quantitative estimate of drug-likeness (QED) is 0.725. The normalized spacial score (nSPS) is 10.1. The van der Waals surface area contributed by atoms with E-state index in [0.29, 0.717) is 18.6 Å². The highest BCUT2D eigenvalue weighted by atomic mass is 35.5. The predicted molar refractivity (Wildman–Crippen MR) is 59.7 cm³/mol. The molecule has 14 heavy (non-hydrogen) atoms. The topological polar surface area (TPSA) is 17.1 Å². The lowest BCUT2D eigenvalue weighted by Gasteiger charge is -2.00. The summed E-state index contributed by atoms with van der Waals surface area (Å²) >= 11 is 5.84. The summed E-state index contributed by atoms with van der Waals surface area (Å²) in [7, 11) is 0. The number of hydrogen-bond acceptors (Lipinski definition) is 1. The molecule has 0 N–H and O–H groups in total. The molecule has 0 heterocycles. The summed E-state index contributed by atoms with van der Waals surface area (Å²) in [5.41, 5.74) is 1.14. The standard InChI is InChI=1S/C12H15ClO/c1-2-4-12(14)8-7-10-5-3-6-11(13)9-10/h3,5-6,9H,2,4,7-8H2,1H3. The predicted octanol–water partition coefficient (Wildman–Crippen LogP) is 3.64. The average Bonchev–Trinajstić information content (AvgIpc) is 2.15. The Labute approximate surface area is 90.1 Å². The Morgan fingerprint density at radius 1 is 1.36 bits per heavy atom. The van der Waals surface area contributed by atoms with Gasteiger partial charge in [-0.15, -0.1) is 0 Å². The molecule has 0 spiro atoms. The van der Waals surface area contributed by atoms with E-state index >= 15 is 0 Å². The largest absolute Gasteiger partial charge is 0.300 e. The molecular formula is C12H15ClO. The highest BCUT2D eigenvalue weighted by Gasteiger charge is 2.01. The molecule has 0 atom stereocenters. The van der Waals surface area contributed by atoms with E-state index in [0.717, 1.165) is 23.4 Å². The van der Waals surface area contributed by atoms with Crippen molar-refractivity contribution in [3.05, 3.63) is 34.9 Å². The van der Waals surface area contributed by atoms with Crippen molar-refractivity contribution in [2.75, 3.05) is 0 Å². The summed E-state index contributed by atoms with van der Waals surface area (Å²) in [6, 6.07) is 7.69. The van der Waals surface area contributed by atoms with Gasteiger partial charge < -0.3 is 0 Å². The Kier molecular flexibility index (Phi) is 4.68. The Balaban J connectivity index is 2.41. The van der Waals surface area contributed by atoms with Crippen LogP contribution in [0, 0.1) is 0 Å². The van der Waals surface area contributed by atoms with E-state index in [4.69, 9.17) is 11.6 Å². The molecule has 0 amide bonds. The summed E-state index contributed by atoms with van der Waals surface area (Å²) in [5.74, 6) is 0.340. The van der Waals surface area contributed by atoms with E-state index in [9.17, 15) is 4.79 Å². The van der Waals surface area contributed by atoms with Crippen molar-refractivity contribution in [3.63, 3.8) is 0 Å². The number of aryl methyl sites for hydroxylation is 1. The zero-order valence-corrected chi connectivity index (χ0v) is 9.18. The summed E-state index contributed by atoms with van der Waals surface area (Å²) in [6.07, 6.45) is 3.07. The van der Waals surface area contributed by atoms with Gasteiger partial charge in [0.25, 0.3) is 0 Å². The van der Waals surface area contributed by atoms with Gasteiger partial charge in [0.15, 0.2) is 0 Å². The fourth-order valence-electron chi connectivity index (χ4n) is 1.38. The summed E-state index contributed by atoms with van der Waals surface area (Å²) in [6.45, 7) is 2.03. The Morgan fingerprint density at radius 3 is 2.79 bits per heavy atom. The Hall–Kier alpha value is -0.820. The second kappa shape index (κ2) is 5.82. The molecule has 0 bridgehead atoms. The van der Waals surface area contributed by atoms with Crippen LogP contribution in [-0.2, 0) is 11.2 Å². The third kappa shape index (κ3) is 3.93. The van der Waals surface area contributed by atoms with Gasteiger partial charge in [-0.3, -0.25) is 4.79 Å². The van der Waals surface area contributed by atoms with Gasteiger partial charge in [0.05, 0.1) is 0 Å². The van der Waals surface area contributed by atoms with E-state index in [1.807, 2.05) is 31.2 Å². The highest BCUT2D eigenvalue weighted by Crippen LogP contribution is 2.12. The number of Topliss-reactive ketones (excluding diaryl/α,β-unsaturated/α-hetero) is 1. The molecule has 0 saturated heterocycles. The molecule has 1 aromatic carbocycles. The molecule has 1 nitrogen and oxygen atoms in total. The van der Waals surface area contributed by atoms with Crippen LogP contribution in [0.15, 0.2) is 24.3 Å². The van der Waals surface area contributed by atoms with Crippen molar-refractivity contribution in [1.29, 1.82) is 0 Å². The summed E-state index contributed by atoms with van der Waals surface area (Å²) in [4.78, 5) is 11.3. The van der Waals surface area contributed by atoms with E-state index in [1.54, 1.807) is 0 Å². The maximum absolute atomic E-state index is 11.3. The van der Waals surface area contributed by atoms with Gasteiger partial charge in [-0.25, -0.2) is 0 Å². The van der Waals surface area contributed by atoms with Crippen molar-refractivity contribution >= 4 is 17.4 Å². The Morgan fingerprint density at radius 2 is 2.14 bits per heavy atom. The molecule has 0 aliphatic carbocycles. The van der Waals surface area contributed by atoms with Crippen molar-refractivity contribution in [2.24, 2.45) is 0 Å². The van der Waals surface area contributed by atoms with Gasteiger partial charge in [0.1, 0.15) is 5.78 Å². The Bertz CT molecular complexity index is 307. The number of rotatable bonds is 5. The minimum absolute atomic E-state index is 0.340. The molecule has 76 valence electrons. The number of carbonyl (C=O) groups is 1. The summed E-state index contributed by atoms with van der Waals surface area (Å²) < 4.78 is 0. The van der Waals surface area contributed by atoms with Crippen LogP contribution in [0.1, 0.15) is 31.7 Å². The zero-order chi connectivity index (χ0) is 10.4. The van der Waals surface area contributed by atoms with E-state index in [-0.39, 0.29) is 0 Å². The lowest BCUT2D eigenvalue weighted by Crippen LogP contribution is -1.99. The van der Waals surface area contributed by atoms with Crippen molar-refractivity contribution in [2.45, 2.75) is 32.6 Å². The van der Waals surface area contributed by atoms with Gasteiger partial charge >= 0.3 is 0 Å². The molecule has 2 heteroatoms. The fourth-order valence-corrected chi connectivity index (χ4v) is 1.59. The SMILES string of the molecule is CCCC(=O)CCc1cccc(Cl)c1. The molecule has 1 rings (SSSR count). The first-order chi connectivity index (χ1) is 6.72. The van der Waals surface area contributed by atoms with Gasteiger partial charge in [-0.05, 0) is 30.5 Å². The van der Waals surface area contributed by atoms with Gasteiger partial charge in [-0.1, -0.05) is 30.7 Å². The monoisotopic (exact) mass is 210 g/mol. The van der Waals surface area contributed by atoms with Crippen LogP contribution in [0.25, 0.3) is 0 Å². The molecular weight excluding hydrogens is 196 g/mol. The summed E-state index contributed by atoms with van der Waals surface area (Å²) in [5, 5.41) is 0.741. The lowest BCUT2D eigenvalue weighted by molar-refractivity contribution is -0.119. The zero-order valence-electron chi connectivity index (χ0n) is 8.42. The second-order valence-electron chi connectivity index (χ2n) is 3.42. The maximum atomic E-state index is 11.3. The van der Waals surface area contributed by atoms with Crippen molar-refractivity contribution < 1.29 is 4.79 Å². The number of halogens is 1. The van der Waals surface area contributed by atoms with Crippen LogP contribution >= 0.6 is 11.6 Å². The van der Waals surface area contributed by atoms with Crippen LogP contribution in [0.4, 0.5) is 0 Å². The van der Waals surface area contributed by atoms with Crippen molar-refractivity contribution in [3.8, 4) is 0 Å². The van der Waals surface area contributed by atoms with Gasteiger partial charge in [-0.2, -0.15) is 0 Å². The molecule has 1 aromatic rings. The molecule has 0 aliphatic heterocycles. The highest BCUT2D eigenvalue weighted by molar-refractivity contribution is 6.30. The number of ketones is 1. The minimum Gasteiger partial charge on any atom is -0.300 e. The first kappa shape index (κ1) is 11.3.